The molecule has 0 saturated carbocycles. The fraction of sp³-hybridized carbons (Fsp3) is 0.533. The van der Waals surface area contributed by atoms with E-state index in [2.05, 4.69) is 4.90 Å². The van der Waals surface area contributed by atoms with Gasteiger partial charge in [0, 0.05) is 41.8 Å². The van der Waals surface area contributed by atoms with Crippen LogP contribution in [0.25, 0.3) is 0 Å². The van der Waals surface area contributed by atoms with Crippen LogP contribution in [0.15, 0.2) is 18.2 Å². The van der Waals surface area contributed by atoms with E-state index in [0.717, 1.165) is 13.1 Å². The number of amides is 1. The van der Waals surface area contributed by atoms with E-state index in [9.17, 15) is 9.90 Å². The Balaban J connectivity index is 1.71. The minimum atomic E-state index is -0.545. The average Bonchev–Trinajstić information content (AvgIpc) is 2.88. The molecule has 1 N–H and O–H groups in total. The third kappa shape index (κ3) is 3.39. The van der Waals surface area contributed by atoms with Crippen LogP contribution in [0.3, 0.4) is 0 Å². The Morgan fingerprint density at radius 1 is 1.14 bits per heavy atom. The summed E-state index contributed by atoms with van der Waals surface area (Å²) in [4.78, 5) is 16.4. The van der Waals surface area contributed by atoms with Crippen molar-refractivity contribution in [1.82, 2.24) is 9.80 Å². The van der Waals surface area contributed by atoms with Crippen LogP contribution in [0.5, 0.6) is 0 Å². The number of aliphatic hydroxyl groups excluding tert-OH is 1. The highest BCUT2D eigenvalue weighted by atomic mass is 35.5. The van der Waals surface area contributed by atoms with Crippen LogP contribution in [0.4, 0.5) is 0 Å². The molecule has 2 heterocycles. The van der Waals surface area contributed by atoms with E-state index < -0.39 is 6.10 Å². The van der Waals surface area contributed by atoms with Crippen molar-refractivity contribution in [2.24, 2.45) is 0 Å². The zero-order valence-electron chi connectivity index (χ0n) is 12.0. The Morgan fingerprint density at radius 2 is 1.77 bits per heavy atom. The van der Waals surface area contributed by atoms with Gasteiger partial charge < -0.3 is 14.7 Å². The molecule has 2 atom stereocenters. The van der Waals surface area contributed by atoms with E-state index in [1.165, 1.54) is 0 Å². The van der Waals surface area contributed by atoms with Crippen molar-refractivity contribution in [2.75, 3.05) is 39.4 Å². The van der Waals surface area contributed by atoms with Gasteiger partial charge >= 0.3 is 0 Å². The molecule has 1 aromatic rings. The number of aliphatic hydroxyl groups is 1. The minimum absolute atomic E-state index is 0.0393. The van der Waals surface area contributed by atoms with Crippen molar-refractivity contribution in [3.63, 3.8) is 0 Å². The highest BCUT2D eigenvalue weighted by molar-refractivity contribution is 6.35. The first-order valence-corrected chi connectivity index (χ1v) is 8.05. The lowest BCUT2D eigenvalue weighted by molar-refractivity contribution is -0.00611. The van der Waals surface area contributed by atoms with E-state index in [1.54, 1.807) is 23.1 Å². The SMILES string of the molecule is O=C(c1cc(Cl)cc(Cl)c1)N1C[C@@H](O)[C@H](N2CCOCC2)C1. The number of morpholine rings is 1. The normalized spacial score (nSPS) is 26.4. The number of carbonyl (C=O) groups excluding carboxylic acids is 1. The van der Waals surface area contributed by atoms with Crippen molar-refractivity contribution >= 4 is 29.1 Å². The summed E-state index contributed by atoms with van der Waals surface area (Å²) in [6.07, 6.45) is -0.545. The number of rotatable bonds is 2. The van der Waals surface area contributed by atoms with Crippen molar-refractivity contribution in [3.05, 3.63) is 33.8 Å². The van der Waals surface area contributed by atoms with E-state index in [0.29, 0.717) is 41.9 Å². The third-order valence-electron chi connectivity index (χ3n) is 4.17. The van der Waals surface area contributed by atoms with Crippen molar-refractivity contribution < 1.29 is 14.6 Å². The zero-order valence-corrected chi connectivity index (χ0v) is 13.6. The van der Waals surface area contributed by atoms with Gasteiger partial charge in [0.05, 0.1) is 25.4 Å². The van der Waals surface area contributed by atoms with Gasteiger partial charge in [0.2, 0.25) is 0 Å². The molecule has 22 heavy (non-hydrogen) atoms. The quantitative estimate of drug-likeness (QED) is 0.883. The second-order valence-corrected chi connectivity index (χ2v) is 6.52. The summed E-state index contributed by atoms with van der Waals surface area (Å²) in [5.74, 6) is -0.154. The third-order valence-corrected chi connectivity index (χ3v) is 4.61. The molecule has 1 amide bonds. The molecule has 0 aromatic heterocycles. The lowest BCUT2D eigenvalue weighted by Gasteiger charge is -2.33. The summed E-state index contributed by atoms with van der Waals surface area (Å²) in [7, 11) is 0. The molecule has 3 rings (SSSR count). The Morgan fingerprint density at radius 3 is 2.41 bits per heavy atom. The summed E-state index contributed by atoms with van der Waals surface area (Å²) in [5, 5.41) is 11.1. The van der Waals surface area contributed by atoms with Gasteiger partial charge in [-0.3, -0.25) is 9.69 Å². The van der Waals surface area contributed by atoms with Gasteiger partial charge in [0.25, 0.3) is 5.91 Å². The highest BCUT2D eigenvalue weighted by Gasteiger charge is 2.38. The lowest BCUT2D eigenvalue weighted by atomic mass is 10.1. The number of hydrogen-bond acceptors (Lipinski definition) is 4. The minimum Gasteiger partial charge on any atom is -0.390 e. The van der Waals surface area contributed by atoms with Gasteiger partial charge in [0.1, 0.15) is 0 Å². The molecule has 2 saturated heterocycles. The number of halogens is 2. The Bertz CT molecular complexity index is 543. The molecule has 0 radical (unpaired) electrons. The van der Waals surface area contributed by atoms with Crippen molar-refractivity contribution in [2.45, 2.75) is 12.1 Å². The van der Waals surface area contributed by atoms with Gasteiger partial charge in [-0.1, -0.05) is 23.2 Å². The van der Waals surface area contributed by atoms with Crippen LogP contribution in [0.1, 0.15) is 10.4 Å². The summed E-state index contributed by atoms with van der Waals surface area (Å²) >= 11 is 11.9. The molecule has 2 aliphatic heterocycles. The maximum absolute atomic E-state index is 12.6. The smallest absolute Gasteiger partial charge is 0.254 e. The molecule has 7 heteroatoms. The van der Waals surface area contributed by atoms with Crippen LogP contribution in [0, 0.1) is 0 Å². The molecule has 0 spiro atoms. The summed E-state index contributed by atoms with van der Waals surface area (Å²) in [5.41, 5.74) is 0.451. The predicted molar refractivity (Wildman–Crippen MR) is 84.6 cm³/mol. The standard InChI is InChI=1S/C15H18Cl2N2O3/c16-11-5-10(6-12(17)7-11)15(21)19-8-13(14(20)9-19)18-1-3-22-4-2-18/h5-7,13-14,20H,1-4,8-9H2/t13-,14-/m1/s1. The number of hydrogen-bond donors (Lipinski definition) is 1. The maximum atomic E-state index is 12.6. The highest BCUT2D eigenvalue weighted by Crippen LogP contribution is 2.23. The number of β-amino-alcohol motifs (C(OH)–C–C–N with tert-alkyl or cyclic N) is 1. The maximum Gasteiger partial charge on any atom is 0.254 e. The fourth-order valence-corrected chi connectivity index (χ4v) is 3.59. The topological polar surface area (TPSA) is 53.0 Å². The van der Waals surface area contributed by atoms with Crippen molar-refractivity contribution in [1.29, 1.82) is 0 Å². The second kappa shape index (κ2) is 6.72. The number of benzene rings is 1. The van der Waals surface area contributed by atoms with Gasteiger partial charge in [-0.25, -0.2) is 0 Å². The predicted octanol–water partition coefficient (Wildman–Crippen LogP) is 1.51. The molecule has 0 bridgehead atoms. The number of nitrogens with zero attached hydrogens (tertiary/aromatic N) is 2. The van der Waals surface area contributed by atoms with E-state index in [1.807, 2.05) is 0 Å². The van der Waals surface area contributed by atoms with Crippen molar-refractivity contribution in [3.8, 4) is 0 Å². The monoisotopic (exact) mass is 344 g/mol. The molecular formula is C15H18Cl2N2O3. The second-order valence-electron chi connectivity index (χ2n) is 5.65. The first-order chi connectivity index (χ1) is 10.5. The molecule has 1 aromatic carbocycles. The molecule has 5 nitrogen and oxygen atoms in total. The Kier molecular flexibility index (Phi) is 4.90. The Hall–Kier alpha value is -0.850. The van der Waals surface area contributed by atoms with E-state index >= 15 is 0 Å². The molecule has 120 valence electrons. The molecule has 2 aliphatic rings. The molecular weight excluding hydrogens is 327 g/mol. The number of likely N-dealkylation sites (tertiary alicyclic amines) is 1. The van der Waals surface area contributed by atoms with Crippen LogP contribution in [-0.2, 0) is 4.74 Å². The first kappa shape index (κ1) is 16.0. The van der Waals surface area contributed by atoms with Crippen LogP contribution >= 0.6 is 23.2 Å². The largest absolute Gasteiger partial charge is 0.390 e. The molecule has 2 fully saturated rings. The van der Waals surface area contributed by atoms with Gasteiger partial charge in [-0.05, 0) is 18.2 Å². The fourth-order valence-electron chi connectivity index (χ4n) is 3.06. The average molecular weight is 345 g/mol. The summed E-state index contributed by atoms with van der Waals surface area (Å²) in [6, 6.07) is 4.76. The summed E-state index contributed by atoms with van der Waals surface area (Å²) < 4.78 is 5.33. The molecule has 0 aliphatic carbocycles. The first-order valence-electron chi connectivity index (χ1n) is 7.30. The van der Waals surface area contributed by atoms with E-state index in [4.69, 9.17) is 27.9 Å². The molecule has 0 unspecified atom stereocenters. The summed E-state index contributed by atoms with van der Waals surface area (Å²) in [6.45, 7) is 3.73. The van der Waals surface area contributed by atoms with Gasteiger partial charge in [-0.2, -0.15) is 0 Å². The zero-order chi connectivity index (χ0) is 15.7. The van der Waals surface area contributed by atoms with Crippen LogP contribution in [-0.4, -0.2) is 72.4 Å². The lowest BCUT2D eigenvalue weighted by Crippen LogP contribution is -2.49. The van der Waals surface area contributed by atoms with Gasteiger partial charge in [-0.15, -0.1) is 0 Å². The van der Waals surface area contributed by atoms with Gasteiger partial charge in [0.15, 0.2) is 0 Å². The number of ether oxygens (including phenoxy) is 1. The number of carbonyl (C=O) groups is 1. The van der Waals surface area contributed by atoms with Crippen LogP contribution in [0.2, 0.25) is 10.0 Å². The van der Waals surface area contributed by atoms with E-state index in [-0.39, 0.29) is 11.9 Å². The Labute approximate surface area is 139 Å². The van der Waals surface area contributed by atoms with Crippen LogP contribution < -0.4 is 0 Å².